The van der Waals surface area contributed by atoms with Crippen LogP contribution in [-0.4, -0.2) is 27.1 Å². The largest absolute Gasteiger partial charge is 0.494 e. The maximum Gasteiger partial charge on any atom is 0.263 e. The van der Waals surface area contributed by atoms with Crippen LogP contribution in [0, 0.1) is 4.91 Å². The molecular weight excluding hydrogens is 408 g/mol. The summed E-state index contributed by atoms with van der Waals surface area (Å²) < 4.78 is 7.29. The summed E-state index contributed by atoms with van der Waals surface area (Å²) in [6.45, 7) is 0. The average Bonchev–Trinajstić information content (AvgIpc) is 3.31. The van der Waals surface area contributed by atoms with E-state index in [9.17, 15) is 9.70 Å². The number of carbonyl (C=O) groups excluding carboxylic acids is 1. The Balaban J connectivity index is 1.87. The molecule has 9 heteroatoms. The fourth-order valence-electron chi connectivity index (χ4n) is 2.90. The van der Waals surface area contributed by atoms with Crippen molar-refractivity contribution in [3.8, 4) is 22.7 Å². The first-order valence-electron chi connectivity index (χ1n) is 8.51. The monoisotopic (exact) mass is 422 g/mol. The molecule has 1 amide bonds. The van der Waals surface area contributed by atoms with E-state index in [1.165, 1.54) is 18.9 Å². The number of thiocarbonyl (C=S) groups is 1. The maximum atomic E-state index is 12.1. The molecule has 1 N–H and O–H groups in total. The number of nitrogens with one attached hydrogen (secondary N) is 1. The molecule has 2 aromatic carbocycles. The van der Waals surface area contributed by atoms with Gasteiger partial charge in [0, 0.05) is 17.3 Å². The fourth-order valence-corrected chi connectivity index (χ4v) is 3.94. The van der Waals surface area contributed by atoms with Gasteiger partial charge >= 0.3 is 0 Å². The molecule has 1 fully saturated rings. The number of amides is 1. The molecule has 0 spiro atoms. The molecular formula is C20H14N4O3S2. The lowest BCUT2D eigenvalue weighted by atomic mass is 10.1. The zero-order valence-electron chi connectivity index (χ0n) is 15.2. The molecule has 1 aliphatic heterocycles. The summed E-state index contributed by atoms with van der Waals surface area (Å²) in [5.74, 6) is 0.130. The highest BCUT2D eigenvalue weighted by molar-refractivity contribution is 8.26. The quantitative estimate of drug-likeness (QED) is 0.372. The van der Waals surface area contributed by atoms with Gasteiger partial charge < -0.3 is 10.1 Å². The van der Waals surface area contributed by atoms with Gasteiger partial charge in [-0.05, 0) is 41.6 Å². The second kappa shape index (κ2) is 7.98. The van der Waals surface area contributed by atoms with Crippen LogP contribution in [0.5, 0.6) is 5.75 Å². The van der Waals surface area contributed by atoms with Gasteiger partial charge in [-0.3, -0.25) is 4.79 Å². The molecule has 0 atom stereocenters. The first-order valence-corrected chi connectivity index (χ1v) is 9.73. The summed E-state index contributed by atoms with van der Waals surface area (Å²) in [5.41, 5.74) is 3.01. The van der Waals surface area contributed by atoms with Crippen LogP contribution < -0.4 is 10.1 Å². The zero-order valence-corrected chi connectivity index (χ0v) is 16.8. The Morgan fingerprint density at radius 2 is 2.03 bits per heavy atom. The number of aromatic nitrogens is 2. The van der Waals surface area contributed by atoms with E-state index in [4.69, 9.17) is 17.0 Å². The lowest BCUT2D eigenvalue weighted by Gasteiger charge is -2.05. The van der Waals surface area contributed by atoms with Crippen LogP contribution in [0.1, 0.15) is 5.56 Å². The Bertz CT molecular complexity index is 1160. The van der Waals surface area contributed by atoms with Crippen LogP contribution in [0.4, 0.5) is 5.69 Å². The molecule has 0 bridgehead atoms. The summed E-state index contributed by atoms with van der Waals surface area (Å²) in [7, 11) is 1.47. The second-order valence-corrected chi connectivity index (χ2v) is 7.76. The number of ether oxygens (including phenoxy) is 1. The Hall–Kier alpha value is -3.30. The molecule has 144 valence electrons. The van der Waals surface area contributed by atoms with Crippen molar-refractivity contribution >= 4 is 46.0 Å². The Labute approximate surface area is 175 Å². The molecule has 0 radical (unpaired) electrons. The number of nitroso groups, excluding NO2 is 1. The van der Waals surface area contributed by atoms with Crippen molar-refractivity contribution in [2.75, 3.05) is 7.11 Å². The first-order chi connectivity index (χ1) is 14.1. The summed E-state index contributed by atoms with van der Waals surface area (Å²) in [5, 5.41) is 10.3. The van der Waals surface area contributed by atoms with Crippen molar-refractivity contribution in [3.05, 3.63) is 70.1 Å². The van der Waals surface area contributed by atoms with E-state index in [2.05, 4.69) is 15.6 Å². The first kappa shape index (κ1) is 19.0. The molecule has 1 aromatic heterocycles. The highest BCUT2D eigenvalue weighted by Gasteiger charge is 2.23. The van der Waals surface area contributed by atoms with Crippen molar-refractivity contribution in [1.82, 2.24) is 15.1 Å². The van der Waals surface area contributed by atoms with Crippen molar-refractivity contribution < 1.29 is 9.53 Å². The molecule has 1 saturated heterocycles. The van der Waals surface area contributed by atoms with Crippen LogP contribution in [0.15, 0.2) is 64.8 Å². The van der Waals surface area contributed by atoms with Gasteiger partial charge in [0.2, 0.25) is 0 Å². The third kappa shape index (κ3) is 3.82. The SMILES string of the molecule is COc1ccc(-c2nn(-c3ccccc3)cc2C=C2SC(=S)NC2=O)cc1N=O. The van der Waals surface area contributed by atoms with Gasteiger partial charge in [0.25, 0.3) is 5.91 Å². The molecule has 3 aromatic rings. The lowest BCUT2D eigenvalue weighted by Crippen LogP contribution is -2.17. The summed E-state index contributed by atoms with van der Waals surface area (Å²) in [6, 6.07) is 14.7. The van der Waals surface area contributed by atoms with Gasteiger partial charge in [-0.15, -0.1) is 4.91 Å². The summed E-state index contributed by atoms with van der Waals surface area (Å²) in [4.78, 5) is 23.8. The average molecular weight is 422 g/mol. The fraction of sp³-hybridized carbons (Fsp3) is 0.0500. The van der Waals surface area contributed by atoms with Gasteiger partial charge in [0.15, 0.2) is 5.69 Å². The van der Waals surface area contributed by atoms with Crippen LogP contribution in [0.25, 0.3) is 23.0 Å². The maximum absolute atomic E-state index is 12.1. The van der Waals surface area contributed by atoms with Crippen LogP contribution in [-0.2, 0) is 4.79 Å². The van der Waals surface area contributed by atoms with Crippen LogP contribution in [0.2, 0.25) is 0 Å². The van der Waals surface area contributed by atoms with E-state index in [0.29, 0.717) is 31.8 Å². The van der Waals surface area contributed by atoms with Crippen molar-refractivity contribution in [3.63, 3.8) is 0 Å². The minimum Gasteiger partial charge on any atom is -0.494 e. The number of para-hydroxylation sites is 1. The number of hydrogen-bond donors (Lipinski definition) is 1. The van der Waals surface area contributed by atoms with Crippen molar-refractivity contribution in [2.45, 2.75) is 0 Å². The molecule has 0 unspecified atom stereocenters. The van der Waals surface area contributed by atoms with E-state index in [0.717, 1.165) is 5.69 Å². The Kier molecular flexibility index (Phi) is 5.24. The van der Waals surface area contributed by atoms with Gasteiger partial charge in [0.05, 0.1) is 17.7 Å². The van der Waals surface area contributed by atoms with Gasteiger partial charge in [0.1, 0.15) is 15.8 Å². The molecule has 2 heterocycles. The smallest absolute Gasteiger partial charge is 0.263 e. The molecule has 4 rings (SSSR count). The van der Waals surface area contributed by atoms with E-state index < -0.39 is 0 Å². The summed E-state index contributed by atoms with van der Waals surface area (Å²) >= 11 is 6.26. The van der Waals surface area contributed by atoms with Crippen molar-refractivity contribution in [1.29, 1.82) is 0 Å². The van der Waals surface area contributed by atoms with Crippen LogP contribution in [0.3, 0.4) is 0 Å². The highest BCUT2D eigenvalue weighted by Crippen LogP contribution is 2.35. The number of carbonyl (C=O) groups is 1. The Morgan fingerprint density at radius 1 is 1.24 bits per heavy atom. The Morgan fingerprint density at radius 3 is 2.69 bits per heavy atom. The van der Waals surface area contributed by atoms with E-state index in [1.54, 1.807) is 29.0 Å². The number of nitrogens with zero attached hydrogens (tertiary/aromatic N) is 3. The molecule has 29 heavy (non-hydrogen) atoms. The topological polar surface area (TPSA) is 85.6 Å². The molecule has 0 saturated carbocycles. The summed E-state index contributed by atoms with van der Waals surface area (Å²) in [6.07, 6.45) is 3.56. The highest BCUT2D eigenvalue weighted by atomic mass is 32.2. The number of methoxy groups -OCH3 is 1. The van der Waals surface area contributed by atoms with Gasteiger partial charge in [-0.25, -0.2) is 4.68 Å². The second-order valence-electron chi connectivity index (χ2n) is 6.04. The van der Waals surface area contributed by atoms with E-state index in [1.807, 2.05) is 36.5 Å². The minimum absolute atomic E-state index is 0.173. The van der Waals surface area contributed by atoms with Crippen molar-refractivity contribution in [2.24, 2.45) is 5.18 Å². The third-order valence-corrected chi connectivity index (χ3v) is 5.41. The predicted molar refractivity (Wildman–Crippen MR) is 117 cm³/mol. The minimum atomic E-state index is -0.247. The lowest BCUT2D eigenvalue weighted by molar-refractivity contribution is -0.115. The van der Waals surface area contributed by atoms with Gasteiger partial charge in [-0.1, -0.05) is 42.2 Å². The van der Waals surface area contributed by atoms with Crippen LogP contribution >= 0.6 is 24.0 Å². The molecule has 7 nitrogen and oxygen atoms in total. The molecule has 1 aliphatic rings. The van der Waals surface area contributed by atoms with E-state index in [-0.39, 0.29) is 11.6 Å². The number of rotatable bonds is 5. The third-order valence-electron chi connectivity index (χ3n) is 4.24. The molecule has 0 aliphatic carbocycles. The zero-order chi connectivity index (χ0) is 20.4. The number of hydrogen-bond acceptors (Lipinski definition) is 7. The normalized spacial score (nSPS) is 14.9. The van der Waals surface area contributed by atoms with Gasteiger partial charge in [-0.2, -0.15) is 5.10 Å². The number of thioether (sulfide) groups is 1. The standard InChI is InChI=1S/C20H14N4O3S2/c1-27-16-8-7-12(9-15(16)23-26)18-13(10-17-19(25)21-20(28)29-17)11-24(22-18)14-5-3-2-4-6-14/h2-11H,1H3,(H,21,25,28). The number of benzene rings is 2. The predicted octanol–water partition coefficient (Wildman–Crippen LogP) is 4.43. The van der Waals surface area contributed by atoms with E-state index >= 15 is 0 Å².